The number of hydrogen-bond donors (Lipinski definition) is 0. The molecular weight excluding hydrogens is 402 g/mol. The Hall–Kier alpha value is -1.68. The largest absolute Gasteiger partial charge is 0.284 e. The monoisotopic (exact) mass is 423 g/mol. The van der Waals surface area contributed by atoms with Crippen molar-refractivity contribution in [1.82, 2.24) is 8.02 Å². The van der Waals surface area contributed by atoms with Crippen LogP contribution >= 0.6 is 11.9 Å². The van der Waals surface area contributed by atoms with Crippen LogP contribution in [0.2, 0.25) is 0 Å². The van der Waals surface area contributed by atoms with Crippen molar-refractivity contribution < 1.29 is 12.6 Å². The highest BCUT2D eigenvalue weighted by atomic mass is 32.3. The van der Waals surface area contributed by atoms with E-state index in [1.165, 1.54) is 16.4 Å². The maximum Gasteiger partial charge on any atom is 0.284 e. The number of sulfonamides is 1. The molecule has 0 saturated carbocycles. The van der Waals surface area contributed by atoms with E-state index in [0.29, 0.717) is 13.1 Å². The van der Waals surface area contributed by atoms with Gasteiger partial charge in [-0.25, -0.2) is 4.21 Å². The molecule has 1 aliphatic heterocycles. The van der Waals surface area contributed by atoms with Gasteiger partial charge in [-0.2, -0.15) is 8.42 Å². The Morgan fingerprint density at radius 2 is 1.74 bits per heavy atom. The molecule has 1 aliphatic rings. The summed E-state index contributed by atoms with van der Waals surface area (Å²) in [5.74, 6) is 0. The molecule has 1 unspecified atom stereocenters. The summed E-state index contributed by atoms with van der Waals surface area (Å²) in [4.78, 5) is 0.126. The Morgan fingerprint density at radius 3 is 2.37 bits per heavy atom. The van der Waals surface area contributed by atoms with Gasteiger partial charge in [-0.1, -0.05) is 55.0 Å². The number of aryl methyl sites for hydroxylation is 1. The zero-order valence-corrected chi connectivity index (χ0v) is 17.6. The Balaban J connectivity index is 1.95. The van der Waals surface area contributed by atoms with E-state index in [1.54, 1.807) is 15.8 Å². The van der Waals surface area contributed by atoms with Crippen molar-refractivity contribution in [2.24, 2.45) is 4.40 Å². The van der Waals surface area contributed by atoms with Crippen LogP contribution in [0.4, 0.5) is 0 Å². The van der Waals surface area contributed by atoms with Gasteiger partial charge >= 0.3 is 0 Å². The van der Waals surface area contributed by atoms with Gasteiger partial charge in [-0.15, -0.1) is 8.11 Å². The van der Waals surface area contributed by atoms with Crippen LogP contribution in [-0.4, -0.2) is 32.4 Å². The summed E-state index contributed by atoms with van der Waals surface area (Å²) in [7, 11) is -3.88. The lowest BCUT2D eigenvalue weighted by Crippen LogP contribution is -2.28. The molecule has 0 bridgehead atoms. The maximum atomic E-state index is 12.8. The normalized spacial score (nSPS) is 19.7. The molecule has 1 fully saturated rings. The highest BCUT2D eigenvalue weighted by molar-refractivity contribution is 8.21. The second kappa shape index (κ2) is 8.55. The standard InChI is InChI=1S/C18H21N3O3S3/c1-3-13-21-25-18(19-27(23,24)17-11-9-15(2)10-12-17)20(26(21)22)14-16-7-5-4-6-8-16/h4-12H,3,13-14H2,1-2H3. The molecule has 144 valence electrons. The fourth-order valence-electron chi connectivity index (χ4n) is 2.45. The molecule has 0 radical (unpaired) electrons. The summed E-state index contributed by atoms with van der Waals surface area (Å²) >= 11 is -0.364. The Labute approximate surface area is 167 Å². The van der Waals surface area contributed by atoms with E-state index in [1.807, 2.05) is 44.2 Å². The summed E-state index contributed by atoms with van der Waals surface area (Å²) in [6.45, 7) is 4.77. The molecule has 6 nitrogen and oxygen atoms in total. The second-order valence-electron chi connectivity index (χ2n) is 6.06. The number of amidine groups is 1. The number of rotatable bonds is 6. The summed E-state index contributed by atoms with van der Waals surface area (Å²) in [5.41, 5.74) is 1.91. The first-order valence-corrected chi connectivity index (χ1v) is 11.8. The number of nitrogens with zero attached hydrogens (tertiary/aromatic N) is 3. The highest BCUT2D eigenvalue weighted by Gasteiger charge is 2.36. The van der Waals surface area contributed by atoms with E-state index < -0.39 is 21.2 Å². The zero-order chi connectivity index (χ0) is 19.4. The third-order valence-electron chi connectivity index (χ3n) is 3.85. The smallest absolute Gasteiger partial charge is 0.250 e. The molecule has 1 heterocycles. The lowest BCUT2D eigenvalue weighted by molar-refractivity contribution is 0.561. The Morgan fingerprint density at radius 1 is 1.07 bits per heavy atom. The topological polar surface area (TPSA) is 70.1 Å². The fourth-order valence-corrected chi connectivity index (χ4v) is 6.41. The van der Waals surface area contributed by atoms with Gasteiger partial charge in [0.1, 0.15) is 0 Å². The lowest BCUT2D eigenvalue weighted by Gasteiger charge is -2.16. The average Bonchev–Trinajstić information content (AvgIpc) is 2.92. The van der Waals surface area contributed by atoms with Gasteiger partial charge in [-0.3, -0.25) is 4.31 Å². The predicted octanol–water partition coefficient (Wildman–Crippen LogP) is 3.49. The molecule has 0 spiro atoms. The molecule has 0 N–H and O–H groups in total. The summed E-state index contributed by atoms with van der Waals surface area (Å²) in [6, 6.07) is 16.1. The van der Waals surface area contributed by atoms with Gasteiger partial charge in [0.15, 0.2) is 0 Å². The highest BCUT2D eigenvalue weighted by Crippen LogP contribution is 2.32. The number of hydrogen-bond acceptors (Lipinski definition) is 4. The lowest BCUT2D eigenvalue weighted by atomic mass is 10.2. The summed E-state index contributed by atoms with van der Waals surface area (Å²) in [6.07, 6.45) is 0.801. The van der Waals surface area contributed by atoms with E-state index in [9.17, 15) is 12.6 Å². The molecular formula is C18H21N3O3S3. The van der Waals surface area contributed by atoms with Crippen LogP contribution in [0.25, 0.3) is 0 Å². The van der Waals surface area contributed by atoms with Crippen LogP contribution in [0.5, 0.6) is 0 Å². The van der Waals surface area contributed by atoms with Crippen LogP contribution in [0.15, 0.2) is 63.9 Å². The molecule has 9 heteroatoms. The van der Waals surface area contributed by atoms with Crippen molar-refractivity contribution in [3.05, 3.63) is 65.7 Å². The molecule has 0 aromatic heterocycles. The minimum absolute atomic E-state index is 0.126. The van der Waals surface area contributed by atoms with Gasteiger partial charge < -0.3 is 0 Å². The first-order chi connectivity index (χ1) is 12.9. The van der Waals surface area contributed by atoms with Gasteiger partial charge in [0.25, 0.3) is 10.0 Å². The van der Waals surface area contributed by atoms with Crippen LogP contribution in [0, 0.1) is 6.92 Å². The molecule has 2 aromatic rings. The van der Waals surface area contributed by atoms with E-state index >= 15 is 0 Å². The second-order valence-corrected chi connectivity index (χ2v) is 10.2. The SMILES string of the molecule is CCCN1SC(=NS(=O)(=O)c2ccc(C)cc2)N(Cc2ccccc2)S1=O. The van der Waals surface area contributed by atoms with E-state index in [4.69, 9.17) is 0 Å². The van der Waals surface area contributed by atoms with Crippen molar-refractivity contribution in [2.45, 2.75) is 31.7 Å². The summed E-state index contributed by atoms with van der Waals surface area (Å²) < 4.78 is 45.5. The molecule has 27 heavy (non-hydrogen) atoms. The number of benzene rings is 2. The van der Waals surface area contributed by atoms with Gasteiger partial charge in [0.05, 0.1) is 11.4 Å². The average molecular weight is 424 g/mol. The molecule has 2 aromatic carbocycles. The Bertz CT molecular complexity index is 945. The van der Waals surface area contributed by atoms with Crippen LogP contribution < -0.4 is 0 Å². The zero-order valence-electron chi connectivity index (χ0n) is 15.1. The van der Waals surface area contributed by atoms with E-state index in [-0.39, 0.29) is 10.1 Å². The molecule has 3 rings (SSSR count). The molecule has 1 saturated heterocycles. The minimum atomic E-state index is -3.88. The summed E-state index contributed by atoms with van der Waals surface area (Å²) in [5, 5.41) is 0.228. The first-order valence-electron chi connectivity index (χ1n) is 8.51. The van der Waals surface area contributed by atoms with Crippen molar-refractivity contribution in [2.75, 3.05) is 6.54 Å². The first kappa shape index (κ1) is 20.1. The van der Waals surface area contributed by atoms with Crippen molar-refractivity contribution >= 4 is 38.3 Å². The van der Waals surface area contributed by atoms with Gasteiger partial charge in [0, 0.05) is 18.5 Å². The van der Waals surface area contributed by atoms with Crippen molar-refractivity contribution in [3.63, 3.8) is 0 Å². The third kappa shape index (κ3) is 4.78. The third-order valence-corrected chi connectivity index (χ3v) is 8.04. The van der Waals surface area contributed by atoms with Crippen molar-refractivity contribution in [3.8, 4) is 0 Å². The quantitative estimate of drug-likeness (QED) is 0.667. The van der Waals surface area contributed by atoms with Crippen LogP contribution in [-0.2, 0) is 27.7 Å². The van der Waals surface area contributed by atoms with Crippen LogP contribution in [0.3, 0.4) is 0 Å². The minimum Gasteiger partial charge on any atom is -0.250 e. The predicted molar refractivity (Wildman–Crippen MR) is 111 cm³/mol. The molecule has 0 aliphatic carbocycles. The van der Waals surface area contributed by atoms with E-state index in [2.05, 4.69) is 4.40 Å². The van der Waals surface area contributed by atoms with Crippen molar-refractivity contribution in [1.29, 1.82) is 0 Å². The fraction of sp³-hybridized carbons (Fsp3) is 0.278. The van der Waals surface area contributed by atoms with Crippen LogP contribution in [0.1, 0.15) is 24.5 Å². The Kier molecular flexibility index (Phi) is 6.36. The van der Waals surface area contributed by atoms with Gasteiger partial charge in [-0.05, 0) is 31.0 Å². The molecule has 0 amide bonds. The van der Waals surface area contributed by atoms with E-state index in [0.717, 1.165) is 29.5 Å². The van der Waals surface area contributed by atoms with Gasteiger partial charge in [0.2, 0.25) is 16.3 Å². The molecule has 1 atom stereocenters. The maximum absolute atomic E-state index is 12.8.